The van der Waals surface area contributed by atoms with Crippen LogP contribution in [0.25, 0.3) is 20.2 Å². The van der Waals surface area contributed by atoms with Gasteiger partial charge in [-0.25, -0.2) is 0 Å². The van der Waals surface area contributed by atoms with Gasteiger partial charge in [-0.15, -0.1) is 45.9 Å². The Bertz CT molecular complexity index is 1960. The lowest BCUT2D eigenvalue weighted by molar-refractivity contribution is -0.272. The number of thiophene rings is 2. The summed E-state index contributed by atoms with van der Waals surface area (Å²) in [6.07, 6.45) is -5.16. The van der Waals surface area contributed by atoms with Crippen LogP contribution in [0, 0.1) is 13.8 Å². The first kappa shape index (κ1) is 35.7. The number of amides is 2. The highest BCUT2D eigenvalue weighted by molar-refractivity contribution is 7.18. The maximum absolute atomic E-state index is 13.9. The summed E-state index contributed by atoms with van der Waals surface area (Å²) in [6.45, 7) is 6.58. The number of nitrogens with zero attached hydrogens (tertiary/aromatic N) is 2. The van der Waals surface area contributed by atoms with Crippen LogP contribution >= 0.6 is 45.9 Å². The molecule has 2 amide bonds. The second kappa shape index (κ2) is 14.0. The number of hydrogen-bond donors (Lipinski definition) is 4. The SMILES string of the molecule is CC[C@H]1O[C@@H](Oc2cc3c(c4c(C)csc24)[C@H](CCl)CN3C(=O)CCCC(=O)N2C[C@@H](CCl)c3c2cc(O)c2scc(C)c32)[C@H](O)[C@@H](O)[C@H]1O. The lowest BCUT2D eigenvalue weighted by Gasteiger charge is -2.40. The second-order valence-electron chi connectivity index (χ2n) is 13.5. The smallest absolute Gasteiger partial charge is 0.229 e. The minimum absolute atomic E-state index is 0.0580. The number of carbonyl (C=O) groups excluding carboxylic acids is 2. The van der Waals surface area contributed by atoms with E-state index in [-0.39, 0.29) is 42.2 Å². The van der Waals surface area contributed by atoms with Crippen molar-refractivity contribution in [3.63, 3.8) is 0 Å². The molecule has 0 aliphatic carbocycles. The average Bonchev–Trinajstić information content (AvgIpc) is 3.87. The third-order valence-corrected chi connectivity index (χ3v) is 13.3. The first-order valence-electron chi connectivity index (χ1n) is 16.9. The number of hydrogen-bond acceptors (Lipinski definition) is 10. The third kappa shape index (κ3) is 5.85. The summed E-state index contributed by atoms with van der Waals surface area (Å²) >= 11 is 15.8. The van der Waals surface area contributed by atoms with Gasteiger partial charge < -0.3 is 39.7 Å². The molecule has 0 spiro atoms. The number of aryl methyl sites for hydroxylation is 2. The predicted molar refractivity (Wildman–Crippen MR) is 198 cm³/mol. The predicted octanol–water partition coefficient (Wildman–Crippen LogP) is 6.24. The molecule has 1 saturated heterocycles. The van der Waals surface area contributed by atoms with Gasteiger partial charge in [0.25, 0.3) is 0 Å². The number of ether oxygens (including phenoxy) is 2. The molecule has 3 aliphatic heterocycles. The van der Waals surface area contributed by atoms with Crippen molar-refractivity contribution in [1.29, 1.82) is 0 Å². The largest absolute Gasteiger partial charge is 0.506 e. The Kier molecular flexibility index (Phi) is 10.0. The van der Waals surface area contributed by atoms with E-state index in [9.17, 15) is 30.0 Å². The van der Waals surface area contributed by atoms with Crippen molar-refractivity contribution < 1.29 is 39.5 Å². The number of aliphatic hydroxyl groups excluding tert-OH is 3. The maximum atomic E-state index is 13.9. The zero-order valence-electron chi connectivity index (χ0n) is 27.9. The van der Waals surface area contributed by atoms with Crippen LogP contribution in [-0.2, 0) is 14.3 Å². The van der Waals surface area contributed by atoms with E-state index in [4.69, 9.17) is 32.7 Å². The summed E-state index contributed by atoms with van der Waals surface area (Å²) in [5.74, 6) is 0.705. The van der Waals surface area contributed by atoms with Gasteiger partial charge in [-0.05, 0) is 59.7 Å². The molecule has 2 aromatic heterocycles. The summed E-state index contributed by atoms with van der Waals surface area (Å²) in [7, 11) is 0. The van der Waals surface area contributed by atoms with Crippen LogP contribution in [0.15, 0.2) is 22.9 Å². The lowest BCUT2D eigenvalue weighted by atomic mass is 9.96. The van der Waals surface area contributed by atoms with Crippen LogP contribution in [0.4, 0.5) is 11.4 Å². The number of aromatic hydroxyl groups is 1. The summed E-state index contributed by atoms with van der Waals surface area (Å²) in [5, 5.41) is 48.3. The van der Waals surface area contributed by atoms with Crippen LogP contribution in [0.3, 0.4) is 0 Å². The molecule has 0 bridgehead atoms. The fourth-order valence-electron chi connectivity index (χ4n) is 7.77. The summed E-state index contributed by atoms with van der Waals surface area (Å²) < 4.78 is 13.7. The Morgan fingerprint density at radius 3 is 1.96 bits per heavy atom. The molecular weight excluding hydrogens is 723 g/mol. The van der Waals surface area contributed by atoms with Crippen molar-refractivity contribution in [2.45, 2.75) is 89.0 Å². The van der Waals surface area contributed by atoms with E-state index in [1.54, 1.807) is 21.9 Å². The van der Waals surface area contributed by atoms with Gasteiger partial charge in [-0.1, -0.05) is 6.92 Å². The standard InChI is InChI=1S/C36H40Cl2N2O8S2/c1-4-23-31(44)32(45)33(46)36(47-23)48-24-9-21-30(28-17(3)15-50-35(24)28)19(11-38)13-40(21)26(43)7-5-6-25(42)39-12-18(10-37)29-20(39)8-22(41)34-27(29)16(2)14-49-34/h8-9,14-15,18-19,23,31-33,36,41,44-46H,4-7,10-13H2,1-3H3/t18-,19-,23-,31+,32+,33-,36+/m1/s1. The molecule has 268 valence electrons. The number of alkyl halides is 2. The number of aliphatic hydroxyl groups is 3. The van der Waals surface area contributed by atoms with E-state index in [0.717, 1.165) is 42.4 Å². The Balaban J connectivity index is 1.11. The number of halogens is 2. The molecule has 3 aliphatic rings. The number of benzene rings is 2. The third-order valence-electron chi connectivity index (χ3n) is 10.3. The Morgan fingerprint density at radius 1 is 0.860 bits per heavy atom. The van der Waals surface area contributed by atoms with Crippen LogP contribution < -0.4 is 14.5 Å². The van der Waals surface area contributed by atoms with Crippen molar-refractivity contribution in [3.8, 4) is 11.5 Å². The molecule has 10 nitrogen and oxygen atoms in total. The fourth-order valence-corrected chi connectivity index (χ4v) is 10.3. The topological polar surface area (TPSA) is 140 Å². The molecule has 14 heteroatoms. The molecule has 50 heavy (non-hydrogen) atoms. The van der Waals surface area contributed by atoms with Gasteiger partial charge in [0, 0.05) is 72.4 Å². The number of phenolic OH excluding ortho intramolecular Hbond substituents is 1. The summed E-state index contributed by atoms with van der Waals surface area (Å²) in [6, 6.07) is 3.43. The number of rotatable bonds is 9. The monoisotopic (exact) mass is 762 g/mol. The van der Waals surface area contributed by atoms with Gasteiger partial charge in [-0.2, -0.15) is 0 Å². The molecule has 4 aromatic rings. The highest BCUT2D eigenvalue weighted by Gasteiger charge is 2.45. The van der Waals surface area contributed by atoms with Crippen molar-refractivity contribution in [2.24, 2.45) is 0 Å². The quantitative estimate of drug-likeness (QED) is 0.147. The first-order valence-corrected chi connectivity index (χ1v) is 19.7. The molecule has 4 N–H and O–H groups in total. The highest BCUT2D eigenvalue weighted by atomic mass is 35.5. The second-order valence-corrected chi connectivity index (χ2v) is 15.9. The maximum Gasteiger partial charge on any atom is 0.229 e. The van der Waals surface area contributed by atoms with E-state index in [2.05, 4.69) is 0 Å². The van der Waals surface area contributed by atoms with Crippen LogP contribution in [-0.4, -0.2) is 87.8 Å². The number of phenols is 1. The Hall–Kier alpha value is -2.68. The average molecular weight is 764 g/mol. The minimum atomic E-state index is -1.49. The van der Waals surface area contributed by atoms with Crippen molar-refractivity contribution in [3.05, 3.63) is 45.1 Å². The molecule has 7 rings (SSSR count). The van der Waals surface area contributed by atoms with Gasteiger partial charge in [-0.3, -0.25) is 9.59 Å². The molecule has 7 atom stereocenters. The van der Waals surface area contributed by atoms with Crippen molar-refractivity contribution in [2.75, 3.05) is 34.6 Å². The van der Waals surface area contributed by atoms with E-state index in [1.807, 2.05) is 31.5 Å². The zero-order chi connectivity index (χ0) is 35.6. The zero-order valence-corrected chi connectivity index (χ0v) is 31.0. The van der Waals surface area contributed by atoms with Gasteiger partial charge >= 0.3 is 0 Å². The molecule has 1 fully saturated rings. The molecule has 0 unspecified atom stereocenters. The summed E-state index contributed by atoms with van der Waals surface area (Å²) in [4.78, 5) is 30.9. The normalized spacial score (nSPS) is 26.2. The molecular formula is C36H40Cl2N2O8S2. The number of fused-ring (bicyclic) bond motifs is 6. The van der Waals surface area contributed by atoms with Crippen molar-refractivity contribution in [1.82, 2.24) is 0 Å². The van der Waals surface area contributed by atoms with Gasteiger partial charge in [0.2, 0.25) is 18.1 Å². The van der Waals surface area contributed by atoms with Crippen molar-refractivity contribution >= 4 is 89.2 Å². The van der Waals surface area contributed by atoms with Gasteiger partial charge in [0.1, 0.15) is 29.8 Å². The van der Waals surface area contributed by atoms with Gasteiger partial charge in [0.15, 0.2) is 0 Å². The fraction of sp³-hybridized carbons (Fsp3) is 0.500. The molecule has 0 radical (unpaired) electrons. The highest BCUT2D eigenvalue weighted by Crippen LogP contribution is 2.50. The molecule has 0 saturated carbocycles. The first-order chi connectivity index (χ1) is 24.0. The van der Waals surface area contributed by atoms with Gasteiger partial charge in [0.05, 0.1) is 26.9 Å². The van der Waals surface area contributed by atoms with E-state index >= 15 is 0 Å². The van der Waals surface area contributed by atoms with E-state index < -0.39 is 30.7 Å². The van der Waals surface area contributed by atoms with Crippen LogP contribution in [0.5, 0.6) is 11.5 Å². The van der Waals surface area contributed by atoms with Crippen LogP contribution in [0.2, 0.25) is 0 Å². The molecule has 5 heterocycles. The Labute approximate surface area is 307 Å². The minimum Gasteiger partial charge on any atom is -0.506 e. The number of carbonyl (C=O) groups is 2. The lowest BCUT2D eigenvalue weighted by Crippen LogP contribution is -2.58. The van der Waals surface area contributed by atoms with Crippen LogP contribution in [0.1, 0.15) is 66.7 Å². The molecule has 2 aromatic carbocycles. The van der Waals surface area contributed by atoms with E-state index in [0.29, 0.717) is 54.8 Å². The number of anilines is 2. The summed E-state index contributed by atoms with van der Waals surface area (Å²) in [5.41, 5.74) is 5.31. The van der Waals surface area contributed by atoms with E-state index in [1.165, 1.54) is 22.7 Å². The Morgan fingerprint density at radius 2 is 1.40 bits per heavy atom.